The van der Waals surface area contributed by atoms with E-state index in [2.05, 4.69) is 13.8 Å². The maximum atomic E-state index is 14.9. The Labute approximate surface area is 166 Å². The summed E-state index contributed by atoms with van der Waals surface area (Å²) < 4.78 is 44.8. The molecule has 28 heavy (non-hydrogen) atoms. The van der Waals surface area contributed by atoms with Crippen LogP contribution < -0.4 is 0 Å². The highest BCUT2D eigenvalue weighted by Crippen LogP contribution is 2.74. The van der Waals surface area contributed by atoms with Gasteiger partial charge in [-0.3, -0.25) is 5.26 Å². The second-order valence-corrected chi connectivity index (χ2v) is 11.3. The standard InChI is InChI=1S/C23H35F3O2/c1-4-21(17-6-14-5-15(8-17)9-18(21)7-14)20(28-27)22(23(24,25)26)11-16-10-19(22)13(3)12(16)2/h12-20,27H,4-11H2,1-3H3. The Morgan fingerprint density at radius 1 is 0.964 bits per heavy atom. The van der Waals surface area contributed by atoms with Gasteiger partial charge in [-0.2, -0.15) is 13.2 Å². The maximum absolute atomic E-state index is 14.9. The third-order valence-corrected chi connectivity index (χ3v) is 10.9. The predicted molar refractivity (Wildman–Crippen MR) is 100 cm³/mol. The van der Waals surface area contributed by atoms with Gasteiger partial charge in [-0.15, -0.1) is 0 Å². The lowest BCUT2D eigenvalue weighted by molar-refractivity contribution is -0.404. The van der Waals surface area contributed by atoms with Gasteiger partial charge in [-0.25, -0.2) is 4.89 Å². The zero-order chi connectivity index (χ0) is 20.1. The van der Waals surface area contributed by atoms with Gasteiger partial charge in [0.15, 0.2) is 0 Å². The molecule has 0 amide bonds. The van der Waals surface area contributed by atoms with Crippen molar-refractivity contribution in [2.75, 3.05) is 0 Å². The molecule has 0 radical (unpaired) electrons. The summed E-state index contributed by atoms with van der Waals surface area (Å²) in [7, 11) is 0. The van der Waals surface area contributed by atoms with Crippen LogP contribution in [0.5, 0.6) is 0 Å². The normalized spacial score (nSPS) is 55.8. The van der Waals surface area contributed by atoms with Crippen LogP contribution in [0.25, 0.3) is 0 Å². The SMILES string of the molecule is CCC1(C(OO)C2(C(F)(F)F)CC3CC2C(C)C3C)C2CC3CC(C2)CC1C3. The van der Waals surface area contributed by atoms with E-state index in [1.54, 1.807) is 0 Å². The molecule has 0 aromatic rings. The molecule has 6 saturated carbocycles. The number of rotatable bonds is 4. The topological polar surface area (TPSA) is 29.5 Å². The molecule has 0 spiro atoms. The molecular formula is C23H35F3O2. The molecule has 160 valence electrons. The first-order valence-corrected chi connectivity index (χ1v) is 11.6. The molecule has 6 aliphatic carbocycles. The van der Waals surface area contributed by atoms with Crippen LogP contribution in [0.2, 0.25) is 0 Å². The Kier molecular flexibility index (Phi) is 4.30. The van der Waals surface area contributed by atoms with Crippen molar-refractivity contribution >= 4 is 0 Å². The van der Waals surface area contributed by atoms with E-state index in [0.717, 1.165) is 25.7 Å². The van der Waals surface area contributed by atoms with E-state index in [9.17, 15) is 18.4 Å². The summed E-state index contributed by atoms with van der Waals surface area (Å²) in [5, 5.41) is 10.2. The minimum atomic E-state index is -4.34. The lowest BCUT2D eigenvalue weighted by Crippen LogP contribution is -2.67. The molecule has 2 nitrogen and oxygen atoms in total. The molecule has 0 aliphatic heterocycles. The Hall–Kier alpha value is -0.290. The number of fused-ring (bicyclic) bond motifs is 2. The highest BCUT2D eigenvalue weighted by molar-refractivity contribution is 5.19. The van der Waals surface area contributed by atoms with Crippen LogP contribution >= 0.6 is 0 Å². The van der Waals surface area contributed by atoms with Crippen molar-refractivity contribution in [3.8, 4) is 0 Å². The maximum Gasteiger partial charge on any atom is 0.397 e. The van der Waals surface area contributed by atoms with Crippen molar-refractivity contribution in [1.82, 2.24) is 0 Å². The highest BCUT2D eigenvalue weighted by atomic mass is 19.4. The zero-order valence-electron chi connectivity index (χ0n) is 17.3. The van der Waals surface area contributed by atoms with Crippen LogP contribution in [0.3, 0.4) is 0 Å². The van der Waals surface area contributed by atoms with Crippen molar-refractivity contribution in [1.29, 1.82) is 0 Å². The van der Waals surface area contributed by atoms with Crippen molar-refractivity contribution in [3.63, 3.8) is 0 Å². The van der Waals surface area contributed by atoms with Gasteiger partial charge in [0.25, 0.3) is 0 Å². The Morgan fingerprint density at radius 2 is 1.54 bits per heavy atom. The minimum absolute atomic E-state index is 0.0313. The van der Waals surface area contributed by atoms with E-state index < -0.39 is 29.0 Å². The molecule has 0 aromatic heterocycles. The average molecular weight is 401 g/mol. The monoisotopic (exact) mass is 400 g/mol. The Balaban J connectivity index is 1.62. The first-order chi connectivity index (χ1) is 13.2. The third-order valence-electron chi connectivity index (χ3n) is 10.9. The van der Waals surface area contributed by atoms with Crippen LogP contribution in [-0.4, -0.2) is 17.5 Å². The Morgan fingerprint density at radius 3 is 1.93 bits per heavy atom. The van der Waals surface area contributed by atoms with Gasteiger partial charge in [0.2, 0.25) is 0 Å². The van der Waals surface area contributed by atoms with Gasteiger partial charge in [0.1, 0.15) is 6.10 Å². The van der Waals surface area contributed by atoms with E-state index in [1.165, 1.54) is 6.42 Å². The summed E-state index contributed by atoms with van der Waals surface area (Å²) in [5.41, 5.74) is -2.41. The number of halogens is 3. The van der Waals surface area contributed by atoms with E-state index in [1.807, 2.05) is 6.92 Å². The van der Waals surface area contributed by atoms with Crippen LogP contribution in [-0.2, 0) is 4.89 Å². The van der Waals surface area contributed by atoms with Gasteiger partial charge >= 0.3 is 6.18 Å². The summed E-state index contributed by atoms with van der Waals surface area (Å²) in [4.78, 5) is 5.10. The second-order valence-electron chi connectivity index (χ2n) is 11.3. The van der Waals surface area contributed by atoms with Crippen molar-refractivity contribution in [3.05, 3.63) is 0 Å². The minimum Gasteiger partial charge on any atom is -0.251 e. The molecule has 6 rings (SSSR count). The molecule has 5 heteroatoms. The third kappa shape index (κ3) is 2.19. The lowest BCUT2D eigenvalue weighted by atomic mass is 9.40. The summed E-state index contributed by atoms with van der Waals surface area (Å²) >= 11 is 0. The molecule has 6 fully saturated rings. The molecule has 6 aliphatic rings. The fourth-order valence-corrected chi connectivity index (χ4v) is 9.79. The van der Waals surface area contributed by atoms with Gasteiger partial charge in [0.05, 0.1) is 5.41 Å². The van der Waals surface area contributed by atoms with Gasteiger partial charge < -0.3 is 0 Å². The average Bonchev–Trinajstić information content (AvgIpc) is 3.15. The summed E-state index contributed by atoms with van der Waals surface area (Å²) in [6, 6.07) is 0. The number of hydrogen-bond donors (Lipinski definition) is 1. The van der Waals surface area contributed by atoms with Gasteiger partial charge in [-0.05, 0) is 98.7 Å². The predicted octanol–water partition coefficient (Wildman–Crippen LogP) is 6.56. The first kappa shape index (κ1) is 19.7. The molecule has 6 bridgehead atoms. The van der Waals surface area contributed by atoms with Crippen LogP contribution in [0, 0.1) is 58.2 Å². The highest BCUT2D eigenvalue weighted by Gasteiger charge is 2.77. The zero-order valence-corrected chi connectivity index (χ0v) is 17.3. The van der Waals surface area contributed by atoms with Crippen molar-refractivity contribution < 1.29 is 23.3 Å². The molecule has 1 N–H and O–H groups in total. The fourth-order valence-electron chi connectivity index (χ4n) is 9.79. The van der Waals surface area contributed by atoms with E-state index in [0.29, 0.717) is 30.6 Å². The Bertz CT molecular complexity index is 602. The van der Waals surface area contributed by atoms with Crippen LogP contribution in [0.4, 0.5) is 13.2 Å². The lowest BCUT2D eigenvalue weighted by Gasteiger charge is -2.66. The van der Waals surface area contributed by atoms with Crippen LogP contribution in [0.1, 0.15) is 72.1 Å². The molecule has 0 aromatic carbocycles. The number of alkyl halides is 3. The summed E-state index contributed by atoms with van der Waals surface area (Å²) in [6.45, 7) is 6.17. The molecular weight excluding hydrogens is 365 g/mol. The smallest absolute Gasteiger partial charge is 0.251 e. The quantitative estimate of drug-likeness (QED) is 0.428. The van der Waals surface area contributed by atoms with E-state index in [-0.39, 0.29) is 30.1 Å². The molecule has 0 heterocycles. The van der Waals surface area contributed by atoms with Crippen LogP contribution in [0.15, 0.2) is 0 Å². The van der Waals surface area contributed by atoms with Gasteiger partial charge in [0, 0.05) is 5.41 Å². The summed E-state index contributed by atoms with van der Waals surface area (Å²) in [5.74, 6) is 1.95. The molecule has 6 unspecified atom stereocenters. The van der Waals surface area contributed by atoms with E-state index in [4.69, 9.17) is 4.89 Å². The van der Waals surface area contributed by atoms with Gasteiger partial charge in [-0.1, -0.05) is 20.8 Å². The molecule has 6 atom stereocenters. The fraction of sp³-hybridized carbons (Fsp3) is 1.00. The van der Waals surface area contributed by atoms with Crippen molar-refractivity contribution in [2.45, 2.75) is 84.4 Å². The van der Waals surface area contributed by atoms with E-state index >= 15 is 0 Å². The van der Waals surface area contributed by atoms with Crippen molar-refractivity contribution in [2.24, 2.45) is 58.2 Å². The number of hydrogen-bond acceptors (Lipinski definition) is 2. The first-order valence-electron chi connectivity index (χ1n) is 11.6. The second kappa shape index (κ2) is 6.12. The molecule has 0 saturated heterocycles. The largest absolute Gasteiger partial charge is 0.397 e. The summed E-state index contributed by atoms with van der Waals surface area (Å²) in [6.07, 6.45) is 1.43.